The number of piperidine rings is 1. The molecule has 0 unspecified atom stereocenters. The Bertz CT molecular complexity index is 561. The molecule has 1 aromatic carbocycles. The Hall–Kier alpha value is -1.10. The first-order valence-corrected chi connectivity index (χ1v) is 8.41. The van der Waals surface area contributed by atoms with E-state index in [4.69, 9.17) is 4.74 Å². The number of hydrogen-bond acceptors (Lipinski definition) is 2. The van der Waals surface area contributed by atoms with Crippen molar-refractivity contribution in [1.82, 2.24) is 4.90 Å². The standard InChI is InChI=1S/C17H23BrFNO2/c1-11-14(19)6-5-13(18)15(11)12-7-9-20(10-8-12)16(21)22-17(2,3)4/h5-6,12H,7-10H2,1-4H3. The number of rotatable bonds is 1. The van der Waals surface area contributed by atoms with Gasteiger partial charge in [0.25, 0.3) is 0 Å². The maximum absolute atomic E-state index is 13.8. The second-order valence-corrected chi connectivity index (χ2v) is 7.66. The van der Waals surface area contributed by atoms with E-state index in [1.807, 2.05) is 27.7 Å². The Balaban J connectivity index is 2.04. The summed E-state index contributed by atoms with van der Waals surface area (Å²) >= 11 is 3.53. The van der Waals surface area contributed by atoms with Gasteiger partial charge >= 0.3 is 6.09 Å². The first kappa shape index (κ1) is 17.3. The molecule has 3 nitrogen and oxygen atoms in total. The molecule has 0 atom stereocenters. The van der Waals surface area contributed by atoms with Crippen molar-refractivity contribution >= 4 is 22.0 Å². The van der Waals surface area contributed by atoms with Crippen LogP contribution in [0.25, 0.3) is 0 Å². The van der Waals surface area contributed by atoms with Crippen molar-refractivity contribution < 1.29 is 13.9 Å². The molecular formula is C17H23BrFNO2. The van der Waals surface area contributed by atoms with Crippen molar-refractivity contribution in [2.24, 2.45) is 0 Å². The molecular weight excluding hydrogens is 349 g/mol. The molecule has 1 aliphatic heterocycles. The number of nitrogens with zero attached hydrogens (tertiary/aromatic N) is 1. The van der Waals surface area contributed by atoms with Gasteiger partial charge in [-0.2, -0.15) is 0 Å². The smallest absolute Gasteiger partial charge is 0.410 e. The molecule has 0 saturated carbocycles. The molecule has 1 aliphatic rings. The minimum absolute atomic E-state index is 0.173. The average molecular weight is 372 g/mol. The number of carbonyl (C=O) groups excluding carboxylic acids is 1. The minimum Gasteiger partial charge on any atom is -0.444 e. The van der Waals surface area contributed by atoms with Crippen LogP contribution in [-0.2, 0) is 4.74 Å². The zero-order chi connectivity index (χ0) is 16.5. The Morgan fingerprint density at radius 1 is 1.32 bits per heavy atom. The summed E-state index contributed by atoms with van der Waals surface area (Å²) in [5, 5.41) is 0. The summed E-state index contributed by atoms with van der Waals surface area (Å²) in [5.41, 5.74) is 1.25. The number of halogens is 2. The highest BCUT2D eigenvalue weighted by Gasteiger charge is 2.29. The van der Waals surface area contributed by atoms with Crippen LogP contribution >= 0.6 is 15.9 Å². The Kier molecular flexibility index (Phi) is 5.15. The minimum atomic E-state index is -0.476. The van der Waals surface area contributed by atoms with Gasteiger partial charge in [-0.15, -0.1) is 0 Å². The highest BCUT2D eigenvalue weighted by atomic mass is 79.9. The summed E-state index contributed by atoms with van der Waals surface area (Å²) in [6.45, 7) is 8.69. The molecule has 0 radical (unpaired) electrons. The van der Waals surface area contributed by atoms with E-state index in [9.17, 15) is 9.18 Å². The van der Waals surface area contributed by atoms with Crippen LogP contribution in [0.15, 0.2) is 16.6 Å². The second kappa shape index (κ2) is 6.57. The van der Waals surface area contributed by atoms with E-state index in [0.29, 0.717) is 18.7 Å². The molecule has 122 valence electrons. The van der Waals surface area contributed by atoms with Gasteiger partial charge in [0, 0.05) is 17.6 Å². The largest absolute Gasteiger partial charge is 0.444 e. The maximum Gasteiger partial charge on any atom is 0.410 e. The topological polar surface area (TPSA) is 29.5 Å². The van der Waals surface area contributed by atoms with Crippen LogP contribution in [0.3, 0.4) is 0 Å². The molecule has 1 saturated heterocycles. The molecule has 0 spiro atoms. The zero-order valence-electron chi connectivity index (χ0n) is 13.6. The average Bonchev–Trinajstić information content (AvgIpc) is 2.42. The van der Waals surface area contributed by atoms with Gasteiger partial charge < -0.3 is 9.64 Å². The van der Waals surface area contributed by atoms with Gasteiger partial charge in [-0.05, 0) is 69.7 Å². The third kappa shape index (κ3) is 4.00. The van der Waals surface area contributed by atoms with Crippen LogP contribution < -0.4 is 0 Å². The van der Waals surface area contributed by atoms with Gasteiger partial charge in [0.2, 0.25) is 0 Å². The molecule has 1 heterocycles. The Labute approximate surface area is 140 Å². The van der Waals surface area contributed by atoms with Gasteiger partial charge in [0.05, 0.1) is 0 Å². The lowest BCUT2D eigenvalue weighted by atomic mass is 9.87. The van der Waals surface area contributed by atoms with Crippen LogP contribution in [0.1, 0.15) is 50.7 Å². The predicted molar refractivity (Wildman–Crippen MR) is 88.6 cm³/mol. The number of hydrogen-bond donors (Lipinski definition) is 0. The van der Waals surface area contributed by atoms with E-state index < -0.39 is 5.60 Å². The lowest BCUT2D eigenvalue weighted by Crippen LogP contribution is -2.41. The highest BCUT2D eigenvalue weighted by Crippen LogP contribution is 2.36. The van der Waals surface area contributed by atoms with E-state index in [1.165, 1.54) is 6.07 Å². The molecule has 0 N–H and O–H groups in total. The van der Waals surface area contributed by atoms with Crippen LogP contribution in [0, 0.1) is 12.7 Å². The molecule has 0 aliphatic carbocycles. The second-order valence-electron chi connectivity index (χ2n) is 6.81. The lowest BCUT2D eigenvalue weighted by molar-refractivity contribution is 0.0204. The summed E-state index contributed by atoms with van der Waals surface area (Å²) in [6, 6.07) is 3.25. The number of likely N-dealkylation sites (tertiary alicyclic amines) is 1. The monoisotopic (exact) mass is 371 g/mol. The normalized spacial score (nSPS) is 16.7. The fourth-order valence-electron chi connectivity index (χ4n) is 2.85. The summed E-state index contributed by atoms with van der Waals surface area (Å²) in [6.07, 6.45) is 1.38. The zero-order valence-corrected chi connectivity index (χ0v) is 15.2. The number of benzene rings is 1. The van der Waals surface area contributed by atoms with Crippen LogP contribution in [0.4, 0.5) is 9.18 Å². The summed E-state index contributed by atoms with van der Waals surface area (Å²) in [4.78, 5) is 13.8. The van der Waals surface area contributed by atoms with Gasteiger partial charge in [-0.3, -0.25) is 0 Å². The van der Waals surface area contributed by atoms with E-state index in [-0.39, 0.29) is 17.8 Å². The molecule has 5 heteroatoms. The third-order valence-electron chi connectivity index (χ3n) is 3.95. The quantitative estimate of drug-likeness (QED) is 0.694. The molecule has 1 aromatic rings. The number of carbonyl (C=O) groups is 1. The summed E-state index contributed by atoms with van der Waals surface area (Å²) < 4.78 is 20.1. The van der Waals surface area contributed by atoms with Crippen molar-refractivity contribution in [2.75, 3.05) is 13.1 Å². The molecule has 1 fully saturated rings. The van der Waals surface area contributed by atoms with Crippen molar-refractivity contribution in [3.8, 4) is 0 Å². The fraction of sp³-hybridized carbons (Fsp3) is 0.588. The van der Waals surface area contributed by atoms with Crippen molar-refractivity contribution in [3.63, 3.8) is 0 Å². The van der Waals surface area contributed by atoms with Gasteiger partial charge in [0.1, 0.15) is 11.4 Å². The molecule has 0 bridgehead atoms. The van der Waals surface area contributed by atoms with E-state index >= 15 is 0 Å². The van der Waals surface area contributed by atoms with Crippen molar-refractivity contribution in [3.05, 3.63) is 33.5 Å². The van der Waals surface area contributed by atoms with E-state index in [1.54, 1.807) is 11.0 Å². The summed E-state index contributed by atoms with van der Waals surface area (Å²) in [5.74, 6) is 0.0940. The fourth-order valence-corrected chi connectivity index (χ4v) is 3.60. The SMILES string of the molecule is Cc1c(F)ccc(Br)c1C1CCN(C(=O)OC(C)(C)C)CC1. The number of ether oxygens (including phenoxy) is 1. The Morgan fingerprint density at radius 2 is 1.91 bits per heavy atom. The highest BCUT2D eigenvalue weighted by molar-refractivity contribution is 9.10. The Morgan fingerprint density at radius 3 is 2.45 bits per heavy atom. The van der Waals surface area contributed by atoms with Gasteiger partial charge in [-0.25, -0.2) is 9.18 Å². The summed E-state index contributed by atoms with van der Waals surface area (Å²) in [7, 11) is 0. The van der Waals surface area contributed by atoms with Crippen LogP contribution in [-0.4, -0.2) is 29.7 Å². The van der Waals surface area contributed by atoms with E-state index in [2.05, 4.69) is 15.9 Å². The first-order valence-electron chi connectivity index (χ1n) is 7.61. The number of amides is 1. The molecule has 22 heavy (non-hydrogen) atoms. The predicted octanol–water partition coefficient (Wildman–Crippen LogP) is 5.01. The van der Waals surface area contributed by atoms with Gasteiger partial charge in [-0.1, -0.05) is 15.9 Å². The first-order chi connectivity index (χ1) is 10.2. The van der Waals surface area contributed by atoms with Crippen molar-refractivity contribution in [1.29, 1.82) is 0 Å². The third-order valence-corrected chi connectivity index (χ3v) is 4.64. The van der Waals surface area contributed by atoms with Crippen LogP contribution in [0.5, 0.6) is 0 Å². The van der Waals surface area contributed by atoms with Crippen LogP contribution in [0.2, 0.25) is 0 Å². The van der Waals surface area contributed by atoms with E-state index in [0.717, 1.165) is 22.9 Å². The molecule has 0 aromatic heterocycles. The molecule has 2 rings (SSSR count). The van der Waals surface area contributed by atoms with Gasteiger partial charge in [0.15, 0.2) is 0 Å². The lowest BCUT2D eigenvalue weighted by Gasteiger charge is -2.34. The maximum atomic E-state index is 13.8. The molecule has 1 amide bonds. The van der Waals surface area contributed by atoms with Crippen molar-refractivity contribution in [2.45, 2.75) is 52.1 Å².